The van der Waals surface area contributed by atoms with E-state index in [0.717, 1.165) is 17.0 Å². The summed E-state index contributed by atoms with van der Waals surface area (Å²) in [6.45, 7) is 2.05. The number of methoxy groups -OCH3 is 1. The molecule has 0 atom stereocenters. The van der Waals surface area contributed by atoms with Crippen molar-refractivity contribution in [3.63, 3.8) is 0 Å². The molecule has 0 spiro atoms. The Morgan fingerprint density at radius 2 is 2.05 bits per heavy atom. The molecule has 0 saturated heterocycles. The van der Waals surface area contributed by atoms with Gasteiger partial charge in [-0.15, -0.1) is 0 Å². The minimum Gasteiger partial charge on any atom is -0.383 e. The molecule has 2 aromatic rings. The molecule has 5 heteroatoms. The zero-order chi connectivity index (χ0) is 14.2. The molecule has 0 aliphatic heterocycles. The second kappa shape index (κ2) is 7.99. The van der Waals surface area contributed by atoms with Gasteiger partial charge >= 0.3 is 0 Å². The van der Waals surface area contributed by atoms with Crippen molar-refractivity contribution >= 4 is 11.8 Å². The van der Waals surface area contributed by atoms with Gasteiger partial charge in [-0.1, -0.05) is 17.8 Å². The van der Waals surface area contributed by atoms with Gasteiger partial charge in [0, 0.05) is 42.4 Å². The van der Waals surface area contributed by atoms with Gasteiger partial charge in [0.1, 0.15) is 5.82 Å². The van der Waals surface area contributed by atoms with E-state index >= 15 is 0 Å². The maximum Gasteiger partial charge on any atom is 0.137 e. The Balaban J connectivity index is 1.95. The maximum absolute atomic E-state index is 14.0. The summed E-state index contributed by atoms with van der Waals surface area (Å²) >= 11 is 1.40. The first-order valence-electron chi connectivity index (χ1n) is 6.35. The van der Waals surface area contributed by atoms with Crippen molar-refractivity contribution in [3.8, 4) is 0 Å². The summed E-state index contributed by atoms with van der Waals surface area (Å²) in [5.74, 6) is -0.196. The number of hydrogen-bond donors (Lipinski definition) is 1. The molecule has 1 N–H and O–H groups in total. The molecule has 1 aromatic heterocycles. The summed E-state index contributed by atoms with van der Waals surface area (Å²) in [4.78, 5) is 5.55. The van der Waals surface area contributed by atoms with Gasteiger partial charge in [-0.05, 0) is 29.8 Å². The molecule has 20 heavy (non-hydrogen) atoms. The first-order valence-corrected chi connectivity index (χ1v) is 7.17. The van der Waals surface area contributed by atoms with Crippen LogP contribution >= 0.6 is 11.8 Å². The average Bonchev–Trinajstić information content (AvgIpc) is 2.47. The van der Waals surface area contributed by atoms with Crippen LogP contribution in [0.5, 0.6) is 0 Å². The summed E-state index contributed by atoms with van der Waals surface area (Å²) in [6.07, 6.45) is 3.41. The van der Waals surface area contributed by atoms with Crippen molar-refractivity contribution in [2.24, 2.45) is 0 Å². The topological polar surface area (TPSA) is 34.1 Å². The highest BCUT2D eigenvalue weighted by atomic mass is 32.2. The van der Waals surface area contributed by atoms with Crippen LogP contribution in [0.15, 0.2) is 52.5 Å². The number of halogens is 1. The largest absolute Gasteiger partial charge is 0.383 e. The Labute approximate surface area is 122 Å². The number of rotatable bonds is 7. The SMILES string of the molecule is COCCNCc1ccc(Sc2ccncc2)c(F)c1. The summed E-state index contributed by atoms with van der Waals surface area (Å²) in [7, 11) is 1.66. The van der Waals surface area contributed by atoms with Crippen LogP contribution in [-0.2, 0) is 11.3 Å². The number of pyridine rings is 1. The fourth-order valence-electron chi connectivity index (χ4n) is 1.68. The molecule has 0 saturated carbocycles. The van der Waals surface area contributed by atoms with Gasteiger partial charge < -0.3 is 10.1 Å². The molecule has 3 nitrogen and oxygen atoms in total. The molecule has 0 bridgehead atoms. The first kappa shape index (κ1) is 15.0. The van der Waals surface area contributed by atoms with Crippen LogP contribution in [0.3, 0.4) is 0 Å². The van der Waals surface area contributed by atoms with Gasteiger partial charge in [-0.3, -0.25) is 4.98 Å². The van der Waals surface area contributed by atoms with E-state index in [2.05, 4.69) is 10.3 Å². The molecule has 1 aromatic carbocycles. The highest BCUT2D eigenvalue weighted by molar-refractivity contribution is 7.99. The highest BCUT2D eigenvalue weighted by Crippen LogP contribution is 2.29. The number of hydrogen-bond acceptors (Lipinski definition) is 4. The van der Waals surface area contributed by atoms with E-state index in [1.54, 1.807) is 25.6 Å². The highest BCUT2D eigenvalue weighted by Gasteiger charge is 2.05. The van der Waals surface area contributed by atoms with Crippen LogP contribution in [0, 0.1) is 5.82 Å². The normalized spacial score (nSPS) is 10.7. The lowest BCUT2D eigenvalue weighted by molar-refractivity contribution is 0.199. The summed E-state index contributed by atoms with van der Waals surface area (Å²) in [5.41, 5.74) is 0.928. The van der Waals surface area contributed by atoms with E-state index < -0.39 is 0 Å². The van der Waals surface area contributed by atoms with Gasteiger partial charge in [0.25, 0.3) is 0 Å². The minimum absolute atomic E-state index is 0.196. The Bertz CT molecular complexity index is 537. The Hall–Kier alpha value is -1.43. The number of nitrogens with one attached hydrogen (secondary N) is 1. The second-order valence-corrected chi connectivity index (χ2v) is 5.33. The Morgan fingerprint density at radius 1 is 1.25 bits per heavy atom. The van der Waals surface area contributed by atoms with Crippen LogP contribution in [0.25, 0.3) is 0 Å². The van der Waals surface area contributed by atoms with E-state index in [9.17, 15) is 4.39 Å². The minimum atomic E-state index is -0.196. The molecular formula is C15H17FN2OS. The first-order chi connectivity index (χ1) is 9.79. The van der Waals surface area contributed by atoms with Crippen molar-refractivity contribution in [3.05, 3.63) is 54.1 Å². The second-order valence-electron chi connectivity index (χ2n) is 4.22. The third-order valence-electron chi connectivity index (χ3n) is 2.69. The molecule has 0 aliphatic rings. The average molecular weight is 292 g/mol. The summed E-state index contributed by atoms with van der Waals surface area (Å²) in [6, 6.07) is 9.05. The third kappa shape index (κ3) is 4.59. The maximum atomic E-state index is 14.0. The van der Waals surface area contributed by atoms with Gasteiger partial charge in [0.05, 0.1) is 6.61 Å². The molecule has 0 amide bonds. The molecule has 1 heterocycles. The van der Waals surface area contributed by atoms with Crippen molar-refractivity contribution in [2.45, 2.75) is 16.3 Å². The fourth-order valence-corrected chi connectivity index (χ4v) is 2.48. The van der Waals surface area contributed by atoms with E-state index in [0.29, 0.717) is 18.0 Å². The van der Waals surface area contributed by atoms with Crippen molar-refractivity contribution in [1.29, 1.82) is 0 Å². The van der Waals surface area contributed by atoms with Crippen LogP contribution in [0.4, 0.5) is 4.39 Å². The molecule has 0 unspecified atom stereocenters. The van der Waals surface area contributed by atoms with Crippen molar-refractivity contribution in [1.82, 2.24) is 10.3 Å². The van der Waals surface area contributed by atoms with Crippen LogP contribution in [0.2, 0.25) is 0 Å². The lowest BCUT2D eigenvalue weighted by Crippen LogP contribution is -2.18. The number of benzene rings is 1. The van der Waals surface area contributed by atoms with E-state index in [4.69, 9.17) is 4.74 Å². The lowest BCUT2D eigenvalue weighted by atomic mass is 10.2. The molecule has 0 radical (unpaired) electrons. The number of nitrogens with zero attached hydrogens (tertiary/aromatic N) is 1. The van der Waals surface area contributed by atoms with Crippen molar-refractivity contribution < 1.29 is 9.13 Å². The van der Waals surface area contributed by atoms with Crippen LogP contribution < -0.4 is 5.32 Å². The van der Waals surface area contributed by atoms with Crippen LogP contribution in [0.1, 0.15) is 5.56 Å². The summed E-state index contributed by atoms with van der Waals surface area (Å²) < 4.78 is 19.0. The Morgan fingerprint density at radius 3 is 2.75 bits per heavy atom. The summed E-state index contributed by atoms with van der Waals surface area (Å²) in [5, 5.41) is 3.19. The standard InChI is InChI=1S/C15H17FN2OS/c1-19-9-8-18-11-12-2-3-15(14(16)10-12)20-13-4-6-17-7-5-13/h2-7,10,18H,8-9,11H2,1H3. The monoisotopic (exact) mass is 292 g/mol. The zero-order valence-corrected chi connectivity index (χ0v) is 12.1. The fraction of sp³-hybridized carbons (Fsp3) is 0.267. The molecule has 0 fully saturated rings. The molecule has 2 rings (SSSR count). The number of ether oxygens (including phenoxy) is 1. The Kier molecular flexibility index (Phi) is 5.98. The van der Waals surface area contributed by atoms with Gasteiger partial charge in [0.2, 0.25) is 0 Å². The smallest absolute Gasteiger partial charge is 0.137 e. The zero-order valence-electron chi connectivity index (χ0n) is 11.3. The van der Waals surface area contributed by atoms with E-state index in [1.165, 1.54) is 11.8 Å². The predicted octanol–water partition coefficient (Wildman–Crippen LogP) is 3.11. The number of aromatic nitrogens is 1. The van der Waals surface area contributed by atoms with E-state index in [1.807, 2.05) is 24.3 Å². The van der Waals surface area contributed by atoms with Gasteiger partial charge in [-0.2, -0.15) is 0 Å². The van der Waals surface area contributed by atoms with Gasteiger partial charge in [0.15, 0.2) is 0 Å². The van der Waals surface area contributed by atoms with E-state index in [-0.39, 0.29) is 5.82 Å². The molecule has 0 aliphatic carbocycles. The third-order valence-corrected chi connectivity index (χ3v) is 3.74. The molecule has 106 valence electrons. The predicted molar refractivity (Wildman–Crippen MR) is 78.3 cm³/mol. The molecular weight excluding hydrogens is 275 g/mol. The van der Waals surface area contributed by atoms with Crippen LogP contribution in [-0.4, -0.2) is 25.2 Å². The van der Waals surface area contributed by atoms with Crippen molar-refractivity contribution in [2.75, 3.05) is 20.3 Å². The van der Waals surface area contributed by atoms with Gasteiger partial charge in [-0.25, -0.2) is 4.39 Å². The lowest BCUT2D eigenvalue weighted by Gasteiger charge is -2.07. The quantitative estimate of drug-likeness (QED) is 0.795.